The summed E-state index contributed by atoms with van der Waals surface area (Å²) in [6.07, 6.45) is 2.40. The van der Waals surface area contributed by atoms with E-state index < -0.39 is 0 Å². The zero-order valence-corrected chi connectivity index (χ0v) is 6.43. The maximum atomic E-state index is 3.82. The van der Waals surface area contributed by atoms with Gasteiger partial charge in [0.2, 0.25) is 0 Å². The fraction of sp³-hybridized carbons (Fsp3) is 0.300. The third-order valence-corrected chi connectivity index (χ3v) is 1.56. The van der Waals surface area contributed by atoms with Gasteiger partial charge in [0.1, 0.15) is 5.56 Å². The Morgan fingerprint density at radius 2 is 1.80 bits per heavy atom. The minimum absolute atomic E-state index is 1.10. The van der Waals surface area contributed by atoms with Crippen molar-refractivity contribution in [1.29, 1.82) is 0 Å². The molecule has 1 rings (SSSR count). The van der Waals surface area contributed by atoms with Gasteiger partial charge in [-0.1, -0.05) is 13.3 Å². The molecule has 0 aliphatic rings. The molecule has 0 N–H and O–H groups in total. The largest absolute Gasteiger partial charge is 0.126 e. The van der Waals surface area contributed by atoms with Gasteiger partial charge in [0.25, 0.3) is 0 Å². The summed E-state index contributed by atoms with van der Waals surface area (Å²) in [6.45, 7) is 6.01. The second kappa shape index (κ2) is 3.31. The van der Waals surface area contributed by atoms with Crippen LogP contribution >= 0.6 is 0 Å². The molecule has 0 bridgehead atoms. The first-order valence-corrected chi connectivity index (χ1v) is 3.74. The van der Waals surface area contributed by atoms with E-state index in [-0.39, 0.29) is 0 Å². The fourth-order valence-corrected chi connectivity index (χ4v) is 0.995. The van der Waals surface area contributed by atoms with Gasteiger partial charge >= 0.3 is 0 Å². The van der Waals surface area contributed by atoms with Gasteiger partial charge in [-0.25, -0.2) is 0 Å². The molecular formula is C10H13+. The molecule has 0 amide bonds. The van der Waals surface area contributed by atoms with Crippen molar-refractivity contribution in [2.45, 2.75) is 19.8 Å². The Kier molecular flexibility index (Phi) is 2.38. The number of hydrogen-bond acceptors (Lipinski definition) is 0. The summed E-state index contributed by atoms with van der Waals surface area (Å²) in [6, 6.07) is 8.41. The molecule has 0 saturated heterocycles. The molecule has 1 aromatic rings. The molecule has 0 atom stereocenters. The molecule has 0 aliphatic heterocycles. The topological polar surface area (TPSA) is 0 Å². The average Bonchev–Trinajstić information content (AvgIpc) is 1.95. The molecule has 0 spiro atoms. The van der Waals surface area contributed by atoms with Crippen molar-refractivity contribution in [2.24, 2.45) is 0 Å². The van der Waals surface area contributed by atoms with Gasteiger partial charge in [-0.15, -0.1) is 0 Å². The standard InChI is InChI=1S/C10H13/c1-3-4-10-7-5-9(2)6-8-10/h5-8H,2-4H2,1H3/q+1. The van der Waals surface area contributed by atoms with Crippen LogP contribution in [0.2, 0.25) is 0 Å². The molecule has 1 aromatic carbocycles. The molecule has 0 aliphatic carbocycles. The summed E-state index contributed by atoms with van der Waals surface area (Å²) in [7, 11) is 0. The lowest BCUT2D eigenvalue weighted by Crippen LogP contribution is -1.81. The minimum atomic E-state index is 1.10. The van der Waals surface area contributed by atoms with Crippen molar-refractivity contribution >= 4 is 0 Å². The summed E-state index contributed by atoms with van der Waals surface area (Å²) in [4.78, 5) is 0. The Bertz CT molecular complexity index is 184. The Morgan fingerprint density at radius 3 is 2.30 bits per heavy atom. The quantitative estimate of drug-likeness (QED) is 0.544. The van der Waals surface area contributed by atoms with E-state index in [2.05, 4.69) is 38.1 Å². The Morgan fingerprint density at radius 1 is 1.20 bits per heavy atom. The van der Waals surface area contributed by atoms with E-state index in [9.17, 15) is 0 Å². The lowest BCUT2D eigenvalue weighted by Gasteiger charge is -1.92. The summed E-state index contributed by atoms with van der Waals surface area (Å²) in [5, 5.41) is 0. The van der Waals surface area contributed by atoms with Crippen molar-refractivity contribution in [2.75, 3.05) is 0 Å². The lowest BCUT2D eigenvalue weighted by atomic mass is 10.1. The highest BCUT2D eigenvalue weighted by Gasteiger charge is 1.94. The molecule has 10 heavy (non-hydrogen) atoms. The van der Waals surface area contributed by atoms with E-state index in [4.69, 9.17) is 0 Å². The third-order valence-electron chi connectivity index (χ3n) is 1.56. The fourth-order valence-electron chi connectivity index (χ4n) is 0.995. The average molecular weight is 133 g/mol. The van der Waals surface area contributed by atoms with Crippen LogP contribution in [-0.2, 0) is 6.42 Å². The summed E-state index contributed by atoms with van der Waals surface area (Å²) < 4.78 is 0. The first-order valence-electron chi connectivity index (χ1n) is 3.74. The SMILES string of the molecule is [CH2+]c1ccc(CCC)cc1. The molecule has 0 aromatic heterocycles. The lowest BCUT2D eigenvalue weighted by molar-refractivity contribution is 0.921. The van der Waals surface area contributed by atoms with Gasteiger partial charge < -0.3 is 0 Å². The van der Waals surface area contributed by atoms with Crippen molar-refractivity contribution < 1.29 is 0 Å². The van der Waals surface area contributed by atoms with Crippen molar-refractivity contribution in [3.63, 3.8) is 0 Å². The maximum absolute atomic E-state index is 3.82. The summed E-state index contributed by atoms with van der Waals surface area (Å²) in [5.41, 5.74) is 2.51. The first kappa shape index (κ1) is 7.20. The Hall–Kier alpha value is -0.910. The Labute approximate surface area is 62.9 Å². The highest BCUT2D eigenvalue weighted by Crippen LogP contribution is 2.04. The van der Waals surface area contributed by atoms with Crippen LogP contribution < -0.4 is 0 Å². The van der Waals surface area contributed by atoms with Crippen molar-refractivity contribution in [1.82, 2.24) is 0 Å². The molecule has 52 valence electrons. The molecule has 0 heterocycles. The van der Waals surface area contributed by atoms with E-state index >= 15 is 0 Å². The van der Waals surface area contributed by atoms with Gasteiger partial charge in [-0.05, 0) is 24.1 Å². The highest BCUT2D eigenvalue weighted by atomic mass is 13.9. The highest BCUT2D eigenvalue weighted by molar-refractivity contribution is 5.24. The zero-order valence-electron chi connectivity index (χ0n) is 6.43. The van der Waals surface area contributed by atoms with Gasteiger partial charge in [0.15, 0.2) is 0 Å². The third kappa shape index (κ3) is 1.80. The smallest absolute Gasteiger partial charge is 0.0651 e. The van der Waals surface area contributed by atoms with Crippen LogP contribution in [0.4, 0.5) is 0 Å². The van der Waals surface area contributed by atoms with Crippen molar-refractivity contribution in [3.8, 4) is 0 Å². The molecule has 0 saturated carbocycles. The number of rotatable bonds is 2. The second-order valence-corrected chi connectivity index (χ2v) is 2.57. The molecule has 0 radical (unpaired) electrons. The summed E-state index contributed by atoms with van der Waals surface area (Å²) in [5.74, 6) is 0. The zero-order chi connectivity index (χ0) is 7.40. The van der Waals surface area contributed by atoms with E-state index in [1.54, 1.807) is 0 Å². The summed E-state index contributed by atoms with van der Waals surface area (Å²) >= 11 is 0. The molecule has 0 fully saturated rings. The minimum Gasteiger partial charge on any atom is -0.0651 e. The van der Waals surface area contributed by atoms with Crippen LogP contribution in [0.1, 0.15) is 24.5 Å². The van der Waals surface area contributed by atoms with Gasteiger partial charge in [-0.2, -0.15) is 0 Å². The van der Waals surface area contributed by atoms with Crippen molar-refractivity contribution in [3.05, 3.63) is 42.3 Å². The first-order chi connectivity index (χ1) is 4.83. The van der Waals surface area contributed by atoms with Crippen LogP contribution in [0.15, 0.2) is 24.3 Å². The monoisotopic (exact) mass is 133 g/mol. The number of benzene rings is 1. The normalized spacial score (nSPS) is 9.70. The molecular weight excluding hydrogens is 120 g/mol. The van der Waals surface area contributed by atoms with Crippen LogP contribution in [0, 0.1) is 6.92 Å². The van der Waals surface area contributed by atoms with E-state index in [0.717, 1.165) is 5.56 Å². The van der Waals surface area contributed by atoms with Crippen LogP contribution in [0.3, 0.4) is 0 Å². The van der Waals surface area contributed by atoms with Gasteiger partial charge in [0.05, 0.1) is 0 Å². The van der Waals surface area contributed by atoms with E-state index in [0.29, 0.717) is 0 Å². The molecule has 0 unspecified atom stereocenters. The van der Waals surface area contributed by atoms with E-state index in [1.807, 2.05) is 0 Å². The van der Waals surface area contributed by atoms with Crippen LogP contribution in [-0.4, -0.2) is 0 Å². The second-order valence-electron chi connectivity index (χ2n) is 2.57. The Balaban J connectivity index is 2.69. The van der Waals surface area contributed by atoms with Gasteiger partial charge in [-0.3, -0.25) is 0 Å². The predicted octanol–water partition coefficient (Wildman–Crippen LogP) is 2.82. The maximum Gasteiger partial charge on any atom is 0.126 e. The van der Waals surface area contributed by atoms with Crippen LogP contribution in [0.25, 0.3) is 0 Å². The van der Waals surface area contributed by atoms with Gasteiger partial charge in [0, 0.05) is 19.1 Å². The number of aryl methyl sites for hydroxylation is 1. The molecule has 0 heteroatoms. The molecule has 0 nitrogen and oxygen atoms in total. The predicted molar refractivity (Wildman–Crippen MR) is 44.9 cm³/mol. The number of hydrogen-bond donors (Lipinski definition) is 0. The van der Waals surface area contributed by atoms with E-state index in [1.165, 1.54) is 18.4 Å². The van der Waals surface area contributed by atoms with Crippen LogP contribution in [0.5, 0.6) is 0 Å².